The average molecular weight is 216 g/mol. The molecule has 0 aromatic heterocycles. The fourth-order valence-electron chi connectivity index (χ4n) is 1.47. The highest BCUT2D eigenvalue weighted by Crippen LogP contribution is 2.49. The van der Waals surface area contributed by atoms with Crippen molar-refractivity contribution >= 4 is 0 Å². The lowest BCUT2D eigenvalue weighted by molar-refractivity contribution is 0.144. The van der Waals surface area contributed by atoms with Crippen molar-refractivity contribution in [3.8, 4) is 11.5 Å². The van der Waals surface area contributed by atoms with Gasteiger partial charge in [0.1, 0.15) is 0 Å². The number of hydrogen-bond donors (Lipinski definition) is 2. The summed E-state index contributed by atoms with van der Waals surface area (Å²) < 4.78 is 31.2. The van der Waals surface area contributed by atoms with Gasteiger partial charge in [0.2, 0.25) is 5.82 Å². The summed E-state index contributed by atoms with van der Waals surface area (Å²) in [5.41, 5.74) is -1.39. The summed E-state index contributed by atoms with van der Waals surface area (Å²) in [6.07, 6.45) is 0.802. The molecule has 2 N–H and O–H groups in total. The highest BCUT2D eigenvalue weighted by atomic mass is 19.1. The number of halogens is 2. The van der Waals surface area contributed by atoms with E-state index in [1.54, 1.807) is 0 Å². The molecule has 5 heteroatoms. The van der Waals surface area contributed by atoms with Gasteiger partial charge in [-0.05, 0) is 18.9 Å². The molecule has 1 aliphatic carbocycles. The molecule has 15 heavy (non-hydrogen) atoms. The number of aromatic hydroxyl groups is 1. The normalized spacial score (nSPS) is 17.6. The van der Waals surface area contributed by atoms with Crippen molar-refractivity contribution in [1.82, 2.24) is 0 Å². The van der Waals surface area contributed by atoms with Crippen molar-refractivity contribution < 1.29 is 23.7 Å². The van der Waals surface area contributed by atoms with Gasteiger partial charge in [-0.3, -0.25) is 0 Å². The van der Waals surface area contributed by atoms with E-state index >= 15 is 0 Å². The molecule has 0 unspecified atom stereocenters. The van der Waals surface area contributed by atoms with Gasteiger partial charge in [0, 0.05) is 5.56 Å². The van der Waals surface area contributed by atoms with Crippen LogP contribution in [0.1, 0.15) is 18.4 Å². The molecular weight excluding hydrogens is 206 g/mol. The molecule has 0 radical (unpaired) electrons. The molecule has 0 aliphatic heterocycles. The number of ether oxygens (including phenoxy) is 1. The molecule has 0 amide bonds. The first-order valence-corrected chi connectivity index (χ1v) is 4.47. The number of benzene rings is 1. The Morgan fingerprint density at radius 2 is 1.93 bits per heavy atom. The van der Waals surface area contributed by atoms with Crippen LogP contribution in [0.25, 0.3) is 0 Å². The van der Waals surface area contributed by atoms with E-state index in [9.17, 15) is 13.9 Å². The van der Waals surface area contributed by atoms with E-state index < -0.39 is 23.0 Å². The summed E-state index contributed by atoms with van der Waals surface area (Å²) in [6.45, 7) is 0. The molecule has 1 fully saturated rings. The van der Waals surface area contributed by atoms with Gasteiger partial charge in [0.15, 0.2) is 17.3 Å². The van der Waals surface area contributed by atoms with E-state index in [4.69, 9.17) is 5.11 Å². The smallest absolute Gasteiger partial charge is 0.209 e. The van der Waals surface area contributed by atoms with Crippen LogP contribution in [-0.2, 0) is 5.60 Å². The monoisotopic (exact) mass is 216 g/mol. The van der Waals surface area contributed by atoms with Crippen LogP contribution in [0.3, 0.4) is 0 Å². The van der Waals surface area contributed by atoms with Crippen molar-refractivity contribution in [2.45, 2.75) is 18.4 Å². The van der Waals surface area contributed by atoms with Crippen LogP contribution in [0.4, 0.5) is 8.78 Å². The first-order valence-electron chi connectivity index (χ1n) is 4.47. The van der Waals surface area contributed by atoms with Gasteiger partial charge >= 0.3 is 0 Å². The van der Waals surface area contributed by atoms with Crippen LogP contribution in [-0.4, -0.2) is 17.3 Å². The molecule has 1 saturated carbocycles. The van der Waals surface area contributed by atoms with Gasteiger partial charge in [-0.15, -0.1) is 0 Å². The molecule has 0 bridgehead atoms. The Hall–Kier alpha value is -1.36. The highest BCUT2D eigenvalue weighted by Gasteiger charge is 2.45. The predicted octanol–water partition coefficient (Wildman–Crippen LogP) is 1.66. The van der Waals surface area contributed by atoms with E-state index in [1.807, 2.05) is 0 Å². The maximum Gasteiger partial charge on any atom is 0.209 e. The van der Waals surface area contributed by atoms with E-state index in [1.165, 1.54) is 7.11 Å². The minimum absolute atomic E-state index is 0.113. The van der Waals surface area contributed by atoms with Crippen molar-refractivity contribution in [3.05, 3.63) is 23.3 Å². The molecule has 1 aliphatic rings. The quantitative estimate of drug-likeness (QED) is 0.790. The number of rotatable bonds is 2. The van der Waals surface area contributed by atoms with Crippen molar-refractivity contribution in [2.24, 2.45) is 0 Å². The third-order valence-electron chi connectivity index (χ3n) is 2.59. The summed E-state index contributed by atoms with van der Waals surface area (Å²) in [4.78, 5) is 0. The fourth-order valence-corrected chi connectivity index (χ4v) is 1.47. The number of aliphatic hydroxyl groups is 1. The number of phenolic OH excluding ortho intramolecular Hbond substituents is 1. The van der Waals surface area contributed by atoms with E-state index in [-0.39, 0.29) is 11.3 Å². The molecule has 0 spiro atoms. The van der Waals surface area contributed by atoms with Crippen molar-refractivity contribution in [2.75, 3.05) is 7.11 Å². The first kappa shape index (κ1) is 10.2. The zero-order chi connectivity index (χ0) is 11.2. The Bertz CT molecular complexity index is 414. The third-order valence-corrected chi connectivity index (χ3v) is 2.59. The second-order valence-electron chi connectivity index (χ2n) is 3.63. The fraction of sp³-hybridized carbons (Fsp3) is 0.400. The topological polar surface area (TPSA) is 49.7 Å². The Labute approximate surface area is 84.9 Å². The number of hydrogen-bond acceptors (Lipinski definition) is 3. The van der Waals surface area contributed by atoms with Gasteiger partial charge in [-0.1, -0.05) is 0 Å². The third kappa shape index (κ3) is 1.43. The Kier molecular flexibility index (Phi) is 2.08. The van der Waals surface area contributed by atoms with Crippen LogP contribution in [0.15, 0.2) is 6.07 Å². The Morgan fingerprint density at radius 1 is 1.33 bits per heavy atom. The number of phenols is 1. The molecular formula is C10H10F2O3. The van der Waals surface area contributed by atoms with Gasteiger partial charge in [0.25, 0.3) is 0 Å². The lowest BCUT2D eigenvalue weighted by Gasteiger charge is -2.13. The van der Waals surface area contributed by atoms with E-state index in [0.29, 0.717) is 12.8 Å². The molecule has 2 rings (SSSR count). The summed E-state index contributed by atoms with van der Waals surface area (Å²) in [5, 5.41) is 18.8. The first-order chi connectivity index (χ1) is 6.99. The van der Waals surface area contributed by atoms with Gasteiger partial charge in [-0.2, -0.15) is 4.39 Å². The minimum atomic E-state index is -1.28. The standard InChI is InChI=1S/C10H10F2O3/c1-15-6-4-5(10(14)2-3-10)7(11)9(13)8(6)12/h4,13-14H,2-3H2,1H3. The van der Waals surface area contributed by atoms with Crippen LogP contribution in [0.5, 0.6) is 11.5 Å². The lowest BCUT2D eigenvalue weighted by Crippen LogP contribution is -2.09. The summed E-state index contributed by atoms with van der Waals surface area (Å²) in [7, 11) is 1.20. The summed E-state index contributed by atoms with van der Waals surface area (Å²) in [6, 6.07) is 1.08. The van der Waals surface area contributed by atoms with Gasteiger partial charge in [-0.25, -0.2) is 4.39 Å². The molecule has 0 heterocycles. The van der Waals surface area contributed by atoms with Crippen LogP contribution >= 0.6 is 0 Å². The second kappa shape index (κ2) is 3.06. The minimum Gasteiger partial charge on any atom is -0.503 e. The predicted molar refractivity (Wildman–Crippen MR) is 47.7 cm³/mol. The number of methoxy groups -OCH3 is 1. The molecule has 1 aromatic carbocycles. The molecule has 82 valence electrons. The molecule has 0 saturated heterocycles. The SMILES string of the molecule is COc1cc(C2(O)CC2)c(F)c(O)c1F. The van der Waals surface area contributed by atoms with Gasteiger partial charge < -0.3 is 14.9 Å². The zero-order valence-corrected chi connectivity index (χ0v) is 8.05. The van der Waals surface area contributed by atoms with E-state index in [0.717, 1.165) is 6.07 Å². The average Bonchev–Trinajstić information content (AvgIpc) is 2.94. The maximum atomic E-state index is 13.4. The molecule has 0 atom stereocenters. The largest absolute Gasteiger partial charge is 0.503 e. The molecule has 1 aromatic rings. The maximum absolute atomic E-state index is 13.4. The van der Waals surface area contributed by atoms with Gasteiger partial charge in [0.05, 0.1) is 12.7 Å². The van der Waals surface area contributed by atoms with Crippen LogP contribution in [0.2, 0.25) is 0 Å². The van der Waals surface area contributed by atoms with Crippen LogP contribution < -0.4 is 4.74 Å². The summed E-state index contributed by atoms with van der Waals surface area (Å²) >= 11 is 0. The Morgan fingerprint density at radius 3 is 2.40 bits per heavy atom. The lowest BCUT2D eigenvalue weighted by atomic mass is 10.1. The van der Waals surface area contributed by atoms with Crippen LogP contribution in [0, 0.1) is 11.6 Å². The van der Waals surface area contributed by atoms with Crippen molar-refractivity contribution in [3.63, 3.8) is 0 Å². The zero-order valence-electron chi connectivity index (χ0n) is 8.05. The highest BCUT2D eigenvalue weighted by molar-refractivity contribution is 5.45. The Balaban J connectivity index is 2.61. The summed E-state index contributed by atoms with van der Waals surface area (Å²) in [5.74, 6) is -3.65. The second-order valence-corrected chi connectivity index (χ2v) is 3.63. The van der Waals surface area contributed by atoms with E-state index in [2.05, 4.69) is 4.74 Å². The van der Waals surface area contributed by atoms with Crippen molar-refractivity contribution in [1.29, 1.82) is 0 Å². The molecule has 3 nitrogen and oxygen atoms in total.